The minimum Gasteiger partial charge on any atom is -0.271 e. The van der Waals surface area contributed by atoms with Gasteiger partial charge in [0.15, 0.2) is 0 Å². The van der Waals surface area contributed by atoms with E-state index >= 15 is 0 Å². The van der Waals surface area contributed by atoms with Crippen molar-refractivity contribution in [3.05, 3.63) is 45.6 Å². The number of nitrogens with two attached hydrogens (primary N) is 1. The lowest BCUT2D eigenvalue weighted by molar-refractivity contribution is 0.468. The maximum atomic E-state index is 5.71. The van der Waals surface area contributed by atoms with Gasteiger partial charge in [0, 0.05) is 16.0 Å². The molecular formula is C13H18IN5. The molecule has 3 N–H and O–H groups in total. The van der Waals surface area contributed by atoms with Crippen LogP contribution in [0.2, 0.25) is 0 Å². The molecule has 2 rings (SSSR count). The second-order valence-electron chi connectivity index (χ2n) is 4.66. The summed E-state index contributed by atoms with van der Waals surface area (Å²) in [5.41, 5.74) is 4.06. The summed E-state index contributed by atoms with van der Waals surface area (Å²) in [5, 5.41) is 4.25. The molecule has 1 aromatic heterocycles. The molecule has 1 heterocycles. The number of rotatable bonds is 5. The van der Waals surface area contributed by atoms with Gasteiger partial charge in [-0.05, 0) is 48.1 Å². The molecular weight excluding hydrogens is 353 g/mol. The lowest BCUT2D eigenvalue weighted by Crippen LogP contribution is -2.31. The summed E-state index contributed by atoms with van der Waals surface area (Å²) >= 11 is 2.32. The van der Waals surface area contributed by atoms with Gasteiger partial charge in [0.05, 0.1) is 6.04 Å². The smallest absolute Gasteiger partial charge is 0.138 e. The largest absolute Gasteiger partial charge is 0.271 e. The predicted octanol–water partition coefficient (Wildman–Crippen LogP) is 2.21. The van der Waals surface area contributed by atoms with Gasteiger partial charge in [-0.15, -0.1) is 0 Å². The van der Waals surface area contributed by atoms with E-state index in [2.05, 4.69) is 64.1 Å². The topological polar surface area (TPSA) is 68.8 Å². The van der Waals surface area contributed by atoms with Crippen LogP contribution in [-0.2, 0) is 6.42 Å². The highest BCUT2D eigenvalue weighted by Crippen LogP contribution is 2.22. The Morgan fingerprint density at radius 2 is 2.11 bits per heavy atom. The average Bonchev–Trinajstić information content (AvgIpc) is 2.85. The lowest BCUT2D eigenvalue weighted by atomic mass is 10.0. The summed E-state index contributed by atoms with van der Waals surface area (Å²) in [6.07, 6.45) is 2.31. The normalized spacial score (nSPS) is 12.9. The van der Waals surface area contributed by atoms with Gasteiger partial charge in [-0.1, -0.05) is 18.2 Å². The Hall–Kier alpha value is -0.990. The van der Waals surface area contributed by atoms with Gasteiger partial charge in [-0.2, -0.15) is 5.10 Å². The van der Waals surface area contributed by atoms with Crippen LogP contribution in [0.4, 0.5) is 0 Å². The Kier molecular flexibility index (Phi) is 4.89. The molecule has 1 atom stereocenters. The molecule has 0 spiro atoms. The van der Waals surface area contributed by atoms with Gasteiger partial charge < -0.3 is 0 Å². The number of nitrogens with zero attached hydrogens (tertiary/aromatic N) is 3. The average molecular weight is 371 g/mol. The van der Waals surface area contributed by atoms with E-state index in [4.69, 9.17) is 5.84 Å². The Morgan fingerprint density at radius 3 is 2.74 bits per heavy atom. The van der Waals surface area contributed by atoms with Crippen molar-refractivity contribution in [2.45, 2.75) is 32.4 Å². The van der Waals surface area contributed by atoms with Crippen LogP contribution in [-0.4, -0.2) is 14.8 Å². The van der Waals surface area contributed by atoms with E-state index in [0.717, 1.165) is 5.82 Å². The third-order valence-electron chi connectivity index (χ3n) is 3.00. The number of benzene rings is 1. The first-order valence-electron chi connectivity index (χ1n) is 6.22. The number of hydrazine groups is 1. The molecule has 102 valence electrons. The van der Waals surface area contributed by atoms with Crippen molar-refractivity contribution in [1.82, 2.24) is 20.2 Å². The van der Waals surface area contributed by atoms with E-state index in [-0.39, 0.29) is 6.04 Å². The molecule has 0 aliphatic heterocycles. The minimum atomic E-state index is 0.0369. The summed E-state index contributed by atoms with van der Waals surface area (Å²) in [5.74, 6) is 6.65. The molecule has 1 unspecified atom stereocenters. The van der Waals surface area contributed by atoms with Crippen molar-refractivity contribution in [2.75, 3.05) is 0 Å². The zero-order chi connectivity index (χ0) is 13.8. The van der Waals surface area contributed by atoms with Crippen LogP contribution < -0.4 is 11.3 Å². The van der Waals surface area contributed by atoms with E-state index in [9.17, 15) is 0 Å². The summed E-state index contributed by atoms with van der Waals surface area (Å²) in [7, 11) is 0. The Balaban J connectivity index is 2.25. The van der Waals surface area contributed by atoms with Crippen LogP contribution in [0.25, 0.3) is 0 Å². The molecule has 0 bridgehead atoms. The molecule has 0 aliphatic rings. The number of hydrogen-bond donors (Lipinski definition) is 2. The molecule has 6 heteroatoms. The quantitative estimate of drug-likeness (QED) is 0.481. The SMILES string of the molecule is CC(C)n1ncnc1CC(NN)c1ccccc1I. The van der Waals surface area contributed by atoms with Gasteiger partial charge in [0.2, 0.25) is 0 Å². The maximum Gasteiger partial charge on any atom is 0.138 e. The van der Waals surface area contributed by atoms with Gasteiger partial charge in [-0.3, -0.25) is 11.3 Å². The molecule has 19 heavy (non-hydrogen) atoms. The zero-order valence-corrected chi connectivity index (χ0v) is 13.2. The molecule has 0 saturated heterocycles. The van der Waals surface area contributed by atoms with Crippen molar-refractivity contribution >= 4 is 22.6 Å². The van der Waals surface area contributed by atoms with Crippen molar-refractivity contribution in [1.29, 1.82) is 0 Å². The van der Waals surface area contributed by atoms with Gasteiger partial charge in [0.25, 0.3) is 0 Å². The third-order valence-corrected chi connectivity index (χ3v) is 3.99. The highest BCUT2D eigenvalue weighted by Gasteiger charge is 2.17. The predicted molar refractivity (Wildman–Crippen MR) is 83.3 cm³/mol. The van der Waals surface area contributed by atoms with Crippen LogP contribution in [0.1, 0.15) is 37.3 Å². The number of nitrogens with one attached hydrogen (secondary N) is 1. The second kappa shape index (κ2) is 6.44. The molecule has 0 saturated carbocycles. The van der Waals surface area contributed by atoms with Gasteiger partial charge >= 0.3 is 0 Å². The molecule has 2 aromatic rings. The van der Waals surface area contributed by atoms with Crippen LogP contribution in [0.15, 0.2) is 30.6 Å². The van der Waals surface area contributed by atoms with Crippen molar-refractivity contribution < 1.29 is 0 Å². The first-order valence-corrected chi connectivity index (χ1v) is 7.30. The standard InChI is InChI=1S/C13H18IN5/c1-9(2)19-13(16-8-17-19)7-12(18-15)10-5-3-4-6-11(10)14/h3-6,8-9,12,18H,7,15H2,1-2H3. The van der Waals surface area contributed by atoms with Crippen LogP contribution >= 0.6 is 22.6 Å². The van der Waals surface area contributed by atoms with Crippen LogP contribution in [0.5, 0.6) is 0 Å². The molecule has 1 aromatic carbocycles. The van der Waals surface area contributed by atoms with E-state index in [1.54, 1.807) is 6.33 Å². The summed E-state index contributed by atoms with van der Waals surface area (Å²) in [6.45, 7) is 4.19. The van der Waals surface area contributed by atoms with E-state index in [1.165, 1.54) is 9.13 Å². The fraction of sp³-hybridized carbons (Fsp3) is 0.385. The number of hydrogen-bond acceptors (Lipinski definition) is 4. The third kappa shape index (κ3) is 3.31. The van der Waals surface area contributed by atoms with Crippen molar-refractivity contribution in [2.24, 2.45) is 5.84 Å². The van der Waals surface area contributed by atoms with Gasteiger partial charge in [0.1, 0.15) is 12.2 Å². The van der Waals surface area contributed by atoms with E-state index in [0.29, 0.717) is 12.5 Å². The maximum absolute atomic E-state index is 5.71. The van der Waals surface area contributed by atoms with E-state index in [1.807, 2.05) is 16.8 Å². The fourth-order valence-electron chi connectivity index (χ4n) is 2.05. The highest BCUT2D eigenvalue weighted by molar-refractivity contribution is 14.1. The van der Waals surface area contributed by atoms with E-state index < -0.39 is 0 Å². The molecule has 0 amide bonds. The number of aromatic nitrogens is 3. The zero-order valence-electron chi connectivity index (χ0n) is 11.0. The van der Waals surface area contributed by atoms with Crippen LogP contribution in [0.3, 0.4) is 0 Å². The summed E-state index contributed by atoms with van der Waals surface area (Å²) in [4.78, 5) is 4.33. The number of halogens is 1. The first-order chi connectivity index (χ1) is 9.13. The van der Waals surface area contributed by atoms with Crippen molar-refractivity contribution in [3.8, 4) is 0 Å². The monoisotopic (exact) mass is 371 g/mol. The van der Waals surface area contributed by atoms with Crippen molar-refractivity contribution in [3.63, 3.8) is 0 Å². The summed E-state index contributed by atoms with van der Waals surface area (Å²) < 4.78 is 3.12. The highest BCUT2D eigenvalue weighted by atomic mass is 127. The molecule has 0 radical (unpaired) electrons. The fourth-order valence-corrected chi connectivity index (χ4v) is 2.81. The minimum absolute atomic E-state index is 0.0369. The van der Waals surface area contributed by atoms with Gasteiger partial charge in [-0.25, -0.2) is 9.67 Å². The molecule has 5 nitrogen and oxygen atoms in total. The Bertz CT molecular complexity index is 537. The Labute approximate surface area is 126 Å². The second-order valence-corrected chi connectivity index (χ2v) is 5.82. The molecule has 0 fully saturated rings. The Morgan fingerprint density at radius 1 is 1.37 bits per heavy atom. The summed E-state index contributed by atoms with van der Waals surface area (Å²) in [6, 6.07) is 8.54. The first kappa shape index (κ1) is 14.4. The van der Waals surface area contributed by atoms with Crippen LogP contribution in [0, 0.1) is 3.57 Å². The molecule has 0 aliphatic carbocycles. The lowest BCUT2D eigenvalue weighted by Gasteiger charge is -2.18.